The molecule has 6 heteroatoms. The zero-order valence-corrected chi connectivity index (χ0v) is 11.5. The molecule has 0 aliphatic heterocycles. The second kappa shape index (κ2) is 6.25. The number of pyridine rings is 1. The number of hydrogen-bond donors (Lipinski definition) is 2. The largest absolute Gasteiger partial charge is 0.494 e. The maximum absolute atomic E-state index is 11.1. The van der Waals surface area contributed by atoms with Crippen molar-refractivity contribution in [2.45, 2.75) is 6.92 Å². The molecule has 0 saturated carbocycles. The van der Waals surface area contributed by atoms with Crippen LogP contribution in [0.1, 0.15) is 17.3 Å². The average molecular weight is 293 g/mol. The number of nitrogens with zero attached hydrogens (tertiary/aromatic N) is 1. The topological polar surface area (TPSA) is 71.5 Å². The Morgan fingerprint density at radius 1 is 1.40 bits per heavy atom. The van der Waals surface area contributed by atoms with Crippen molar-refractivity contribution in [3.05, 3.63) is 47.1 Å². The van der Waals surface area contributed by atoms with E-state index in [4.69, 9.17) is 21.4 Å². The normalized spacial score (nSPS) is 10.1. The summed E-state index contributed by atoms with van der Waals surface area (Å²) in [6.07, 6.45) is 0. The Balaban J connectivity index is 2.31. The first-order valence-electron chi connectivity index (χ1n) is 6.00. The monoisotopic (exact) mass is 292 g/mol. The lowest BCUT2D eigenvalue weighted by Gasteiger charge is -2.10. The minimum atomic E-state index is -1.07. The Kier molecular flexibility index (Phi) is 4.42. The van der Waals surface area contributed by atoms with E-state index in [2.05, 4.69) is 10.3 Å². The zero-order chi connectivity index (χ0) is 14.5. The molecule has 0 aliphatic rings. The highest BCUT2D eigenvalue weighted by molar-refractivity contribution is 6.29. The Bertz CT molecular complexity index is 632. The van der Waals surface area contributed by atoms with Crippen LogP contribution in [0.3, 0.4) is 0 Å². The number of aromatic carboxylic acids is 1. The number of carboxylic acid groups (broad SMARTS) is 1. The Hall–Kier alpha value is -2.27. The van der Waals surface area contributed by atoms with Gasteiger partial charge in [0.05, 0.1) is 6.61 Å². The summed E-state index contributed by atoms with van der Waals surface area (Å²) >= 11 is 5.80. The van der Waals surface area contributed by atoms with E-state index >= 15 is 0 Å². The molecule has 0 fully saturated rings. The molecular weight excluding hydrogens is 280 g/mol. The summed E-state index contributed by atoms with van der Waals surface area (Å²) in [6.45, 7) is 2.44. The second-order valence-corrected chi connectivity index (χ2v) is 4.31. The van der Waals surface area contributed by atoms with Gasteiger partial charge in [0.2, 0.25) is 0 Å². The molecule has 0 aliphatic carbocycles. The molecule has 0 amide bonds. The quantitative estimate of drug-likeness (QED) is 0.824. The number of anilines is 2. The molecule has 0 atom stereocenters. The van der Waals surface area contributed by atoms with E-state index in [1.165, 1.54) is 12.1 Å². The summed E-state index contributed by atoms with van der Waals surface area (Å²) in [6, 6.07) is 10.0. The fourth-order valence-corrected chi connectivity index (χ4v) is 1.82. The van der Waals surface area contributed by atoms with Crippen LogP contribution in [-0.2, 0) is 0 Å². The molecule has 5 nitrogen and oxygen atoms in total. The third kappa shape index (κ3) is 3.39. The van der Waals surface area contributed by atoms with E-state index in [-0.39, 0.29) is 16.5 Å². The number of benzene rings is 1. The van der Waals surface area contributed by atoms with E-state index in [0.29, 0.717) is 18.0 Å². The Morgan fingerprint density at radius 3 is 2.90 bits per heavy atom. The summed E-state index contributed by atoms with van der Waals surface area (Å²) in [4.78, 5) is 15.1. The van der Waals surface area contributed by atoms with Gasteiger partial charge < -0.3 is 15.2 Å². The predicted molar refractivity (Wildman–Crippen MR) is 77.1 cm³/mol. The first-order valence-corrected chi connectivity index (χ1v) is 6.37. The van der Waals surface area contributed by atoms with Crippen LogP contribution in [0.4, 0.5) is 11.5 Å². The highest BCUT2D eigenvalue weighted by Gasteiger charge is 2.12. The van der Waals surface area contributed by atoms with Gasteiger partial charge in [-0.15, -0.1) is 0 Å². The molecule has 2 rings (SSSR count). The van der Waals surface area contributed by atoms with Crippen molar-refractivity contribution in [2.24, 2.45) is 0 Å². The van der Waals surface area contributed by atoms with Gasteiger partial charge in [0.25, 0.3) is 0 Å². The summed E-state index contributed by atoms with van der Waals surface area (Å²) in [5.41, 5.74) is 0.726. The number of halogens is 1. The van der Waals surface area contributed by atoms with E-state index in [1.807, 2.05) is 13.0 Å². The smallest absolute Gasteiger partial charge is 0.339 e. The van der Waals surface area contributed by atoms with Crippen LogP contribution in [0, 0.1) is 0 Å². The van der Waals surface area contributed by atoms with Crippen LogP contribution in [0.15, 0.2) is 36.4 Å². The molecule has 2 N–H and O–H groups in total. The van der Waals surface area contributed by atoms with Crippen LogP contribution >= 0.6 is 11.6 Å². The molecule has 20 heavy (non-hydrogen) atoms. The number of rotatable bonds is 5. The van der Waals surface area contributed by atoms with Gasteiger partial charge in [0.1, 0.15) is 22.3 Å². The minimum absolute atomic E-state index is 0.0520. The highest BCUT2D eigenvalue weighted by atomic mass is 35.5. The lowest BCUT2D eigenvalue weighted by Crippen LogP contribution is -2.05. The number of aromatic nitrogens is 1. The molecule has 0 bridgehead atoms. The van der Waals surface area contributed by atoms with E-state index in [1.54, 1.807) is 18.2 Å². The molecule has 0 unspecified atom stereocenters. The van der Waals surface area contributed by atoms with Crippen molar-refractivity contribution in [3.8, 4) is 5.75 Å². The lowest BCUT2D eigenvalue weighted by atomic mass is 10.2. The standard InChI is InChI=1S/C14H13ClN2O3/c1-2-20-10-5-3-4-9(8-10)16-13-11(14(18)19)6-7-12(15)17-13/h3-8H,2H2,1H3,(H,16,17)(H,18,19). The van der Waals surface area contributed by atoms with Crippen LogP contribution in [0.5, 0.6) is 5.75 Å². The highest BCUT2D eigenvalue weighted by Crippen LogP contribution is 2.24. The molecule has 0 radical (unpaired) electrons. The minimum Gasteiger partial charge on any atom is -0.494 e. The first-order chi connectivity index (χ1) is 9.60. The van der Waals surface area contributed by atoms with E-state index in [9.17, 15) is 4.79 Å². The van der Waals surface area contributed by atoms with Gasteiger partial charge in [0.15, 0.2) is 0 Å². The number of ether oxygens (including phenoxy) is 1. The Morgan fingerprint density at radius 2 is 2.20 bits per heavy atom. The van der Waals surface area contributed by atoms with Crippen LogP contribution in [0.2, 0.25) is 5.15 Å². The molecule has 2 aromatic rings. The van der Waals surface area contributed by atoms with Crippen molar-refractivity contribution < 1.29 is 14.6 Å². The van der Waals surface area contributed by atoms with Crippen molar-refractivity contribution in [1.82, 2.24) is 4.98 Å². The van der Waals surface area contributed by atoms with Gasteiger partial charge in [-0.25, -0.2) is 9.78 Å². The third-order valence-electron chi connectivity index (χ3n) is 2.50. The SMILES string of the molecule is CCOc1cccc(Nc2nc(Cl)ccc2C(=O)O)c1. The number of hydrogen-bond acceptors (Lipinski definition) is 4. The Labute approximate surface area is 121 Å². The van der Waals surface area contributed by atoms with Gasteiger partial charge in [-0.05, 0) is 31.2 Å². The van der Waals surface area contributed by atoms with Crippen LogP contribution < -0.4 is 10.1 Å². The van der Waals surface area contributed by atoms with Crippen molar-refractivity contribution >= 4 is 29.1 Å². The van der Waals surface area contributed by atoms with Gasteiger partial charge in [-0.2, -0.15) is 0 Å². The van der Waals surface area contributed by atoms with Crippen LogP contribution in [-0.4, -0.2) is 22.7 Å². The van der Waals surface area contributed by atoms with Gasteiger partial charge in [-0.1, -0.05) is 17.7 Å². The maximum Gasteiger partial charge on any atom is 0.339 e. The summed E-state index contributed by atoms with van der Waals surface area (Å²) in [5, 5.41) is 12.3. The third-order valence-corrected chi connectivity index (χ3v) is 2.71. The number of carboxylic acids is 1. The molecular formula is C14H13ClN2O3. The van der Waals surface area contributed by atoms with Gasteiger partial charge in [-0.3, -0.25) is 0 Å². The summed E-state index contributed by atoms with van der Waals surface area (Å²) in [7, 11) is 0. The average Bonchev–Trinajstić information content (AvgIpc) is 2.39. The predicted octanol–water partition coefficient (Wildman–Crippen LogP) is 3.58. The lowest BCUT2D eigenvalue weighted by molar-refractivity contribution is 0.0697. The van der Waals surface area contributed by atoms with E-state index in [0.717, 1.165) is 0 Å². The molecule has 1 heterocycles. The second-order valence-electron chi connectivity index (χ2n) is 3.92. The maximum atomic E-state index is 11.1. The van der Waals surface area contributed by atoms with Crippen molar-refractivity contribution in [1.29, 1.82) is 0 Å². The van der Waals surface area contributed by atoms with Gasteiger partial charge >= 0.3 is 5.97 Å². The van der Waals surface area contributed by atoms with E-state index < -0.39 is 5.97 Å². The first kappa shape index (κ1) is 14.1. The summed E-state index contributed by atoms with van der Waals surface area (Å²) in [5.74, 6) is -0.187. The fourth-order valence-electron chi connectivity index (χ4n) is 1.67. The number of nitrogens with one attached hydrogen (secondary N) is 1. The zero-order valence-electron chi connectivity index (χ0n) is 10.8. The number of carbonyl (C=O) groups is 1. The fraction of sp³-hybridized carbons (Fsp3) is 0.143. The molecule has 1 aromatic heterocycles. The molecule has 104 valence electrons. The van der Waals surface area contributed by atoms with Crippen molar-refractivity contribution in [2.75, 3.05) is 11.9 Å². The molecule has 0 spiro atoms. The molecule has 0 saturated heterocycles. The van der Waals surface area contributed by atoms with Crippen LogP contribution in [0.25, 0.3) is 0 Å². The summed E-state index contributed by atoms with van der Waals surface area (Å²) < 4.78 is 5.38. The molecule has 1 aromatic carbocycles. The van der Waals surface area contributed by atoms with Gasteiger partial charge in [0, 0.05) is 11.8 Å². The van der Waals surface area contributed by atoms with Crippen molar-refractivity contribution in [3.63, 3.8) is 0 Å².